The van der Waals surface area contributed by atoms with Crippen LogP contribution in [0.1, 0.15) is 67.7 Å². The first-order valence-corrected chi connectivity index (χ1v) is 10.9. The lowest BCUT2D eigenvalue weighted by Gasteiger charge is -2.37. The van der Waals surface area contributed by atoms with E-state index in [0.29, 0.717) is 0 Å². The van der Waals surface area contributed by atoms with Crippen molar-refractivity contribution in [1.82, 2.24) is 10.6 Å². The van der Waals surface area contributed by atoms with Crippen molar-refractivity contribution in [3.63, 3.8) is 0 Å². The van der Waals surface area contributed by atoms with E-state index in [4.69, 9.17) is 14.2 Å². The second-order valence-corrected chi connectivity index (χ2v) is 9.07. The number of amides is 2. The molecule has 0 spiro atoms. The minimum Gasteiger partial charge on any atom is -0.469 e. The molecule has 0 aromatic heterocycles. The van der Waals surface area contributed by atoms with Gasteiger partial charge in [-0.25, -0.2) is 4.79 Å². The van der Waals surface area contributed by atoms with E-state index < -0.39 is 53.7 Å². The Hall–Kier alpha value is -2.32. The quantitative estimate of drug-likeness (QED) is 0.438. The van der Waals surface area contributed by atoms with Crippen LogP contribution in [0.25, 0.3) is 0 Å². The molecule has 2 N–H and O–H groups in total. The number of nitrogens with one attached hydrogen (secondary N) is 2. The largest absolute Gasteiger partial charge is 0.469 e. The molecule has 0 bridgehead atoms. The Morgan fingerprint density at radius 1 is 1.06 bits per heavy atom. The van der Waals surface area contributed by atoms with Gasteiger partial charge in [0.1, 0.15) is 11.7 Å². The lowest BCUT2D eigenvalue weighted by molar-refractivity contribution is -0.159. The first-order chi connectivity index (χ1) is 14.3. The zero-order valence-electron chi connectivity index (χ0n) is 19.9. The van der Waals surface area contributed by atoms with Crippen LogP contribution < -0.4 is 10.6 Å². The number of ether oxygens (including phenoxy) is 3. The van der Waals surface area contributed by atoms with Crippen LogP contribution in [0.5, 0.6) is 0 Å². The maximum absolute atomic E-state index is 12.5. The van der Waals surface area contributed by atoms with Crippen LogP contribution in [0.2, 0.25) is 0 Å². The number of rotatable bonds is 8. The molecular formula is C22H38N2O7. The standard InChI is InChI=1S/C22H38N2O7/c1-9-14(10-2)18(23-12(3)25)17-16(24-21(28)31-22(5,6)7)11-15(20(27)29-8)19(17)30-13(4)26/h14-19H,9-11H2,1-8H3,(H,23,25)(H,24,28)/t15-,16+,17+,18-,19+/m0/s1. The Bertz CT molecular complexity index is 655. The summed E-state index contributed by atoms with van der Waals surface area (Å²) in [5, 5.41) is 5.82. The summed E-state index contributed by atoms with van der Waals surface area (Å²) < 4.78 is 15.9. The first kappa shape index (κ1) is 26.7. The van der Waals surface area contributed by atoms with Crippen molar-refractivity contribution in [2.24, 2.45) is 17.8 Å². The Labute approximate surface area is 184 Å². The Kier molecular flexibility index (Phi) is 9.77. The van der Waals surface area contributed by atoms with Gasteiger partial charge in [-0.1, -0.05) is 26.7 Å². The monoisotopic (exact) mass is 442 g/mol. The maximum atomic E-state index is 12.5. The third-order valence-corrected chi connectivity index (χ3v) is 5.60. The molecule has 178 valence electrons. The molecule has 0 radical (unpaired) electrons. The average molecular weight is 443 g/mol. The minimum atomic E-state index is -0.859. The number of carbonyl (C=O) groups is 4. The molecule has 2 amide bonds. The fraction of sp³-hybridized carbons (Fsp3) is 0.818. The van der Waals surface area contributed by atoms with Gasteiger partial charge < -0.3 is 24.8 Å². The van der Waals surface area contributed by atoms with Crippen molar-refractivity contribution in [1.29, 1.82) is 0 Å². The number of alkyl carbamates (subject to hydrolysis) is 1. The van der Waals surface area contributed by atoms with Gasteiger partial charge in [0.2, 0.25) is 5.91 Å². The van der Waals surface area contributed by atoms with Crippen LogP contribution in [0, 0.1) is 17.8 Å². The predicted octanol–water partition coefficient (Wildman–Crippen LogP) is 2.56. The van der Waals surface area contributed by atoms with Crippen molar-refractivity contribution >= 4 is 23.9 Å². The summed E-state index contributed by atoms with van der Waals surface area (Å²) in [5.74, 6) is -2.58. The molecule has 5 atom stereocenters. The molecule has 1 aliphatic rings. The van der Waals surface area contributed by atoms with Crippen LogP contribution in [-0.2, 0) is 28.6 Å². The second-order valence-electron chi connectivity index (χ2n) is 9.07. The molecule has 1 fully saturated rings. The van der Waals surface area contributed by atoms with Gasteiger partial charge in [-0.2, -0.15) is 0 Å². The number of hydrogen-bond acceptors (Lipinski definition) is 7. The molecule has 1 rings (SSSR count). The van der Waals surface area contributed by atoms with Crippen molar-refractivity contribution in [2.45, 2.75) is 91.5 Å². The molecule has 0 aliphatic heterocycles. The van der Waals surface area contributed by atoms with Gasteiger partial charge in [-0.05, 0) is 33.1 Å². The molecular weight excluding hydrogens is 404 g/mol. The molecule has 0 unspecified atom stereocenters. The third-order valence-electron chi connectivity index (χ3n) is 5.60. The highest BCUT2D eigenvalue weighted by Gasteiger charge is 2.54. The molecule has 1 aliphatic carbocycles. The van der Waals surface area contributed by atoms with Crippen LogP contribution in [-0.4, -0.2) is 54.8 Å². The zero-order valence-corrected chi connectivity index (χ0v) is 19.9. The van der Waals surface area contributed by atoms with Gasteiger partial charge in [0.05, 0.1) is 13.0 Å². The number of methoxy groups -OCH3 is 1. The van der Waals surface area contributed by atoms with Crippen molar-refractivity contribution in [3.8, 4) is 0 Å². The Balaban J connectivity index is 3.43. The highest BCUT2D eigenvalue weighted by molar-refractivity contribution is 5.76. The summed E-state index contributed by atoms with van der Waals surface area (Å²) >= 11 is 0. The summed E-state index contributed by atoms with van der Waals surface area (Å²) in [7, 11) is 1.27. The van der Waals surface area contributed by atoms with E-state index in [1.807, 2.05) is 13.8 Å². The fourth-order valence-electron chi connectivity index (χ4n) is 4.42. The topological polar surface area (TPSA) is 120 Å². The SMILES string of the molecule is CCC(CC)[C@H](NC(C)=O)[C@@H]1[C@H](OC(C)=O)[C@@H](C(=O)OC)C[C@H]1NC(=O)OC(C)(C)C. The smallest absolute Gasteiger partial charge is 0.407 e. The van der Waals surface area contributed by atoms with E-state index in [0.717, 1.165) is 12.8 Å². The average Bonchev–Trinajstić information content (AvgIpc) is 2.96. The summed E-state index contributed by atoms with van der Waals surface area (Å²) in [6.45, 7) is 12.0. The van der Waals surface area contributed by atoms with Gasteiger partial charge in [-0.3, -0.25) is 14.4 Å². The highest BCUT2D eigenvalue weighted by atomic mass is 16.6. The Morgan fingerprint density at radius 2 is 1.65 bits per heavy atom. The molecule has 9 heteroatoms. The van der Waals surface area contributed by atoms with E-state index in [1.165, 1.54) is 21.0 Å². The number of carbonyl (C=O) groups excluding carboxylic acids is 4. The molecule has 0 aromatic rings. The van der Waals surface area contributed by atoms with Crippen LogP contribution >= 0.6 is 0 Å². The maximum Gasteiger partial charge on any atom is 0.407 e. The molecule has 31 heavy (non-hydrogen) atoms. The van der Waals surface area contributed by atoms with Crippen molar-refractivity contribution in [2.75, 3.05) is 7.11 Å². The van der Waals surface area contributed by atoms with Crippen molar-refractivity contribution < 1.29 is 33.4 Å². The summed E-state index contributed by atoms with van der Waals surface area (Å²) in [4.78, 5) is 49.0. The summed E-state index contributed by atoms with van der Waals surface area (Å²) in [6.07, 6.45) is 0.215. The minimum absolute atomic E-state index is 0.0475. The third kappa shape index (κ3) is 7.70. The van der Waals surface area contributed by atoms with Gasteiger partial charge in [-0.15, -0.1) is 0 Å². The predicted molar refractivity (Wildman–Crippen MR) is 114 cm³/mol. The lowest BCUT2D eigenvalue weighted by Crippen LogP contribution is -2.55. The van der Waals surface area contributed by atoms with Gasteiger partial charge >= 0.3 is 18.0 Å². The summed E-state index contributed by atoms with van der Waals surface area (Å²) in [6, 6.07) is -0.993. The van der Waals surface area contributed by atoms with Gasteiger partial charge in [0.15, 0.2) is 0 Å². The summed E-state index contributed by atoms with van der Waals surface area (Å²) in [5.41, 5.74) is -0.707. The van der Waals surface area contributed by atoms with Crippen LogP contribution in [0.15, 0.2) is 0 Å². The van der Waals surface area contributed by atoms with Crippen molar-refractivity contribution in [3.05, 3.63) is 0 Å². The lowest BCUT2D eigenvalue weighted by atomic mass is 9.80. The molecule has 0 heterocycles. The number of esters is 2. The van der Waals surface area contributed by atoms with Crippen LogP contribution in [0.3, 0.4) is 0 Å². The fourth-order valence-corrected chi connectivity index (χ4v) is 4.42. The Morgan fingerprint density at radius 3 is 2.06 bits per heavy atom. The van der Waals surface area contributed by atoms with E-state index >= 15 is 0 Å². The molecule has 9 nitrogen and oxygen atoms in total. The number of hydrogen-bond donors (Lipinski definition) is 2. The van der Waals surface area contributed by atoms with E-state index in [1.54, 1.807) is 20.8 Å². The van der Waals surface area contributed by atoms with Crippen LogP contribution in [0.4, 0.5) is 4.79 Å². The zero-order chi connectivity index (χ0) is 23.9. The van der Waals surface area contributed by atoms with E-state index in [-0.39, 0.29) is 18.2 Å². The normalized spacial score (nSPS) is 24.3. The molecule has 0 aromatic carbocycles. The van der Waals surface area contributed by atoms with E-state index in [9.17, 15) is 19.2 Å². The first-order valence-electron chi connectivity index (χ1n) is 10.9. The van der Waals surface area contributed by atoms with Gasteiger partial charge in [0.25, 0.3) is 0 Å². The highest BCUT2D eigenvalue weighted by Crippen LogP contribution is 2.40. The molecule has 1 saturated carbocycles. The second kappa shape index (κ2) is 11.3. The van der Waals surface area contributed by atoms with E-state index in [2.05, 4.69) is 10.6 Å². The molecule has 0 saturated heterocycles. The van der Waals surface area contributed by atoms with Gasteiger partial charge in [0, 0.05) is 31.8 Å².